The fraction of sp³-hybridized carbons (Fsp3) is 0.250. The predicted molar refractivity (Wildman–Crippen MR) is 90.7 cm³/mol. The highest BCUT2D eigenvalue weighted by Gasteiger charge is 2.17. The van der Waals surface area contributed by atoms with Crippen LogP contribution in [0.15, 0.2) is 46.9 Å². The largest absolute Gasteiger partial charge is 0.310 e. The zero-order valence-corrected chi connectivity index (χ0v) is 14.3. The third kappa shape index (κ3) is 3.76. The number of rotatable bonds is 5. The van der Waals surface area contributed by atoms with E-state index in [0.29, 0.717) is 10.0 Å². The van der Waals surface area contributed by atoms with Gasteiger partial charge >= 0.3 is 0 Å². The molecule has 2 aromatic carbocycles. The first kappa shape index (κ1) is 15.8. The Morgan fingerprint density at radius 3 is 2.55 bits per heavy atom. The maximum absolute atomic E-state index is 6.35. The highest BCUT2D eigenvalue weighted by molar-refractivity contribution is 9.10. The minimum absolute atomic E-state index is 0.143. The Bertz CT molecular complexity index is 586. The molecule has 2 aromatic rings. The van der Waals surface area contributed by atoms with Crippen molar-refractivity contribution in [1.82, 2.24) is 5.32 Å². The standard InChI is InChI=1S/C16H16BrCl2N/c1-2-20-15(10-11-6-3-4-8-13(11)17)12-7-5-9-14(18)16(12)19/h3-9,15,20H,2,10H2,1H3. The van der Waals surface area contributed by atoms with Gasteiger partial charge in [-0.2, -0.15) is 0 Å². The molecule has 0 spiro atoms. The minimum Gasteiger partial charge on any atom is -0.310 e. The molecule has 0 fully saturated rings. The Morgan fingerprint density at radius 2 is 1.85 bits per heavy atom. The SMILES string of the molecule is CCNC(Cc1ccccc1Br)c1cccc(Cl)c1Cl. The summed E-state index contributed by atoms with van der Waals surface area (Å²) in [6.07, 6.45) is 0.856. The molecule has 0 aliphatic rings. The van der Waals surface area contributed by atoms with Crippen LogP contribution in [0.5, 0.6) is 0 Å². The van der Waals surface area contributed by atoms with Crippen molar-refractivity contribution in [2.45, 2.75) is 19.4 Å². The molecule has 0 saturated carbocycles. The molecule has 0 aromatic heterocycles. The van der Waals surface area contributed by atoms with Crippen LogP contribution in [0.25, 0.3) is 0 Å². The number of benzene rings is 2. The Balaban J connectivity index is 2.32. The molecule has 0 heterocycles. The molecular weight excluding hydrogens is 357 g/mol. The monoisotopic (exact) mass is 371 g/mol. The van der Waals surface area contributed by atoms with Crippen LogP contribution in [0.2, 0.25) is 10.0 Å². The smallest absolute Gasteiger partial charge is 0.0640 e. The first-order valence-electron chi connectivity index (χ1n) is 6.54. The van der Waals surface area contributed by atoms with Gasteiger partial charge in [0.15, 0.2) is 0 Å². The summed E-state index contributed by atoms with van der Waals surface area (Å²) in [6.45, 7) is 2.96. The van der Waals surface area contributed by atoms with Crippen molar-refractivity contribution >= 4 is 39.1 Å². The van der Waals surface area contributed by atoms with Crippen molar-refractivity contribution in [3.05, 3.63) is 68.1 Å². The summed E-state index contributed by atoms with van der Waals surface area (Å²) in [5.41, 5.74) is 2.28. The second-order valence-corrected chi connectivity index (χ2v) is 6.19. The molecule has 1 unspecified atom stereocenters. The van der Waals surface area contributed by atoms with E-state index in [-0.39, 0.29) is 6.04 Å². The van der Waals surface area contributed by atoms with E-state index >= 15 is 0 Å². The van der Waals surface area contributed by atoms with Crippen molar-refractivity contribution in [2.24, 2.45) is 0 Å². The molecule has 0 aliphatic carbocycles. The first-order valence-corrected chi connectivity index (χ1v) is 8.09. The Kier molecular flexibility index (Phi) is 5.91. The molecule has 0 bridgehead atoms. The maximum atomic E-state index is 6.35. The summed E-state index contributed by atoms with van der Waals surface area (Å²) in [5.74, 6) is 0. The fourth-order valence-electron chi connectivity index (χ4n) is 2.21. The highest BCUT2D eigenvalue weighted by Crippen LogP contribution is 2.32. The van der Waals surface area contributed by atoms with E-state index in [1.807, 2.05) is 30.3 Å². The van der Waals surface area contributed by atoms with Crippen molar-refractivity contribution in [1.29, 1.82) is 0 Å². The van der Waals surface area contributed by atoms with Crippen LogP contribution >= 0.6 is 39.1 Å². The van der Waals surface area contributed by atoms with E-state index < -0.39 is 0 Å². The van der Waals surface area contributed by atoms with Gasteiger partial charge < -0.3 is 5.32 Å². The average Bonchev–Trinajstić information content (AvgIpc) is 2.44. The second kappa shape index (κ2) is 7.46. The summed E-state index contributed by atoms with van der Waals surface area (Å²) in [7, 11) is 0. The number of hydrogen-bond acceptors (Lipinski definition) is 1. The van der Waals surface area contributed by atoms with E-state index in [1.54, 1.807) is 0 Å². The molecular formula is C16H16BrCl2N. The molecule has 1 atom stereocenters. The number of nitrogens with one attached hydrogen (secondary N) is 1. The zero-order chi connectivity index (χ0) is 14.5. The Labute approximate surface area is 138 Å². The minimum atomic E-state index is 0.143. The lowest BCUT2D eigenvalue weighted by Crippen LogP contribution is -2.23. The molecule has 0 radical (unpaired) electrons. The molecule has 0 saturated heterocycles. The van der Waals surface area contributed by atoms with Gasteiger partial charge in [0.2, 0.25) is 0 Å². The topological polar surface area (TPSA) is 12.0 Å². The summed E-state index contributed by atoms with van der Waals surface area (Å²) >= 11 is 16.1. The van der Waals surface area contributed by atoms with Crippen LogP contribution in [0.4, 0.5) is 0 Å². The number of halogens is 3. The predicted octanol–water partition coefficient (Wildman–Crippen LogP) is 5.65. The van der Waals surface area contributed by atoms with Gasteiger partial charge in [0.1, 0.15) is 0 Å². The van der Waals surface area contributed by atoms with Crippen LogP contribution in [0, 0.1) is 0 Å². The normalized spacial score (nSPS) is 12.4. The van der Waals surface area contributed by atoms with Gasteiger partial charge in [-0.15, -0.1) is 0 Å². The van der Waals surface area contributed by atoms with Crippen LogP contribution < -0.4 is 5.32 Å². The van der Waals surface area contributed by atoms with E-state index in [2.05, 4.69) is 40.3 Å². The molecule has 1 N–H and O–H groups in total. The molecule has 1 nitrogen and oxygen atoms in total. The van der Waals surface area contributed by atoms with E-state index in [1.165, 1.54) is 5.56 Å². The molecule has 0 amide bonds. The van der Waals surface area contributed by atoms with Crippen LogP contribution in [0.1, 0.15) is 24.1 Å². The van der Waals surface area contributed by atoms with Crippen molar-refractivity contribution in [2.75, 3.05) is 6.54 Å². The Hall–Kier alpha value is -0.540. The zero-order valence-electron chi connectivity index (χ0n) is 11.2. The molecule has 20 heavy (non-hydrogen) atoms. The van der Waals surface area contributed by atoms with Crippen LogP contribution in [-0.2, 0) is 6.42 Å². The van der Waals surface area contributed by atoms with Crippen LogP contribution in [-0.4, -0.2) is 6.54 Å². The quantitative estimate of drug-likeness (QED) is 0.714. The summed E-state index contributed by atoms with van der Waals surface area (Å²) < 4.78 is 1.11. The summed E-state index contributed by atoms with van der Waals surface area (Å²) in [6, 6.07) is 14.2. The van der Waals surface area contributed by atoms with Gasteiger partial charge in [0.25, 0.3) is 0 Å². The number of likely N-dealkylation sites (N-methyl/N-ethyl adjacent to an activating group) is 1. The van der Waals surface area contributed by atoms with E-state index in [4.69, 9.17) is 23.2 Å². The lowest BCUT2D eigenvalue weighted by Gasteiger charge is -2.21. The van der Waals surface area contributed by atoms with E-state index in [0.717, 1.165) is 23.0 Å². The van der Waals surface area contributed by atoms with E-state index in [9.17, 15) is 0 Å². The van der Waals surface area contributed by atoms with Crippen molar-refractivity contribution in [3.8, 4) is 0 Å². The lowest BCUT2D eigenvalue weighted by molar-refractivity contribution is 0.549. The highest BCUT2D eigenvalue weighted by atomic mass is 79.9. The van der Waals surface area contributed by atoms with Gasteiger partial charge in [0.05, 0.1) is 10.0 Å². The van der Waals surface area contributed by atoms with Gasteiger partial charge in [-0.25, -0.2) is 0 Å². The maximum Gasteiger partial charge on any atom is 0.0640 e. The average molecular weight is 373 g/mol. The van der Waals surface area contributed by atoms with Gasteiger partial charge in [-0.3, -0.25) is 0 Å². The molecule has 4 heteroatoms. The first-order chi connectivity index (χ1) is 9.63. The lowest BCUT2D eigenvalue weighted by atomic mass is 9.98. The van der Waals surface area contributed by atoms with Gasteiger partial charge in [-0.1, -0.05) is 76.4 Å². The Morgan fingerprint density at radius 1 is 1.10 bits per heavy atom. The number of hydrogen-bond donors (Lipinski definition) is 1. The van der Waals surface area contributed by atoms with Gasteiger partial charge in [-0.05, 0) is 36.2 Å². The van der Waals surface area contributed by atoms with Crippen molar-refractivity contribution < 1.29 is 0 Å². The summed E-state index contributed by atoms with van der Waals surface area (Å²) in [4.78, 5) is 0. The fourth-order valence-corrected chi connectivity index (χ4v) is 3.10. The molecule has 2 rings (SSSR count). The third-order valence-corrected chi connectivity index (χ3v) is 4.80. The summed E-state index contributed by atoms with van der Waals surface area (Å²) in [5, 5.41) is 4.71. The van der Waals surface area contributed by atoms with Crippen molar-refractivity contribution in [3.63, 3.8) is 0 Å². The van der Waals surface area contributed by atoms with Crippen LogP contribution in [0.3, 0.4) is 0 Å². The second-order valence-electron chi connectivity index (χ2n) is 4.55. The van der Waals surface area contributed by atoms with Gasteiger partial charge in [0, 0.05) is 10.5 Å². The molecule has 106 valence electrons. The molecule has 0 aliphatic heterocycles. The third-order valence-electron chi connectivity index (χ3n) is 3.19.